The maximum absolute atomic E-state index is 6.83. The minimum Gasteiger partial charge on any atom is -0.455 e. The van der Waals surface area contributed by atoms with Crippen molar-refractivity contribution in [3.63, 3.8) is 0 Å². The van der Waals surface area contributed by atoms with Crippen molar-refractivity contribution in [1.29, 1.82) is 0 Å². The molecule has 45 heavy (non-hydrogen) atoms. The molecule has 0 aliphatic heterocycles. The number of hydrogen-bond acceptors (Lipinski definition) is 2. The lowest BCUT2D eigenvalue weighted by molar-refractivity contribution is 0.661. The maximum Gasteiger partial charge on any atom is 0.143 e. The third kappa shape index (κ3) is 3.76. The van der Waals surface area contributed by atoms with Gasteiger partial charge in [-0.25, -0.2) is 0 Å². The van der Waals surface area contributed by atoms with Crippen LogP contribution in [0.3, 0.4) is 0 Å². The lowest BCUT2D eigenvalue weighted by Crippen LogP contribution is -2.21. The van der Waals surface area contributed by atoms with Gasteiger partial charge in [-0.15, -0.1) is 0 Å². The van der Waals surface area contributed by atoms with E-state index in [2.05, 4.69) is 170 Å². The topological polar surface area (TPSA) is 16.4 Å². The summed E-state index contributed by atoms with van der Waals surface area (Å²) in [5.41, 5.74) is 12.7. The second-order valence-electron chi connectivity index (χ2n) is 12.5. The van der Waals surface area contributed by atoms with Crippen LogP contribution in [0.4, 0.5) is 17.1 Å². The molecule has 1 aliphatic carbocycles. The second kappa shape index (κ2) is 9.70. The van der Waals surface area contributed by atoms with Crippen LogP contribution in [0.15, 0.2) is 156 Å². The molecule has 1 heterocycles. The first-order valence-electron chi connectivity index (χ1n) is 15.6. The van der Waals surface area contributed by atoms with Gasteiger partial charge in [0.1, 0.15) is 11.2 Å². The van der Waals surface area contributed by atoms with Crippen LogP contribution in [0.2, 0.25) is 0 Å². The van der Waals surface area contributed by atoms with Crippen LogP contribution in [-0.4, -0.2) is 0 Å². The Kier molecular flexibility index (Phi) is 5.58. The highest BCUT2D eigenvalue weighted by Crippen LogP contribution is 2.55. The third-order valence-corrected chi connectivity index (χ3v) is 9.64. The van der Waals surface area contributed by atoms with E-state index < -0.39 is 0 Å². The summed E-state index contributed by atoms with van der Waals surface area (Å²) in [6, 6.07) is 54.5. The summed E-state index contributed by atoms with van der Waals surface area (Å²) in [7, 11) is 0. The molecule has 0 atom stereocenters. The lowest BCUT2D eigenvalue weighted by atomic mass is 9.81. The zero-order chi connectivity index (χ0) is 30.1. The molecular weight excluding hydrogens is 546 g/mol. The summed E-state index contributed by atoms with van der Waals surface area (Å²) in [5, 5.41) is 4.59. The maximum atomic E-state index is 6.83. The van der Waals surface area contributed by atoms with Crippen LogP contribution < -0.4 is 4.90 Å². The van der Waals surface area contributed by atoms with Crippen LogP contribution >= 0.6 is 0 Å². The highest BCUT2D eigenvalue weighted by Gasteiger charge is 2.39. The van der Waals surface area contributed by atoms with Gasteiger partial charge in [0.15, 0.2) is 0 Å². The Labute approximate surface area is 262 Å². The molecule has 9 rings (SSSR count). The van der Waals surface area contributed by atoms with Crippen LogP contribution in [0.5, 0.6) is 0 Å². The molecule has 7 aromatic carbocycles. The predicted molar refractivity (Wildman–Crippen MR) is 189 cm³/mol. The molecule has 0 N–H and O–H groups in total. The molecule has 0 saturated carbocycles. The molecule has 0 amide bonds. The van der Waals surface area contributed by atoms with Crippen molar-refractivity contribution in [3.05, 3.63) is 163 Å². The highest BCUT2D eigenvalue weighted by atomic mass is 16.3. The van der Waals surface area contributed by atoms with Crippen LogP contribution in [-0.2, 0) is 5.41 Å². The Morgan fingerprint density at radius 1 is 0.444 bits per heavy atom. The Morgan fingerprint density at radius 2 is 1.07 bits per heavy atom. The molecule has 2 nitrogen and oxygen atoms in total. The van der Waals surface area contributed by atoms with Gasteiger partial charge in [0.25, 0.3) is 0 Å². The molecule has 8 aromatic rings. The van der Waals surface area contributed by atoms with Crippen LogP contribution in [0, 0.1) is 0 Å². The number of anilines is 3. The first-order chi connectivity index (χ1) is 22.1. The first-order valence-corrected chi connectivity index (χ1v) is 15.6. The van der Waals surface area contributed by atoms with Gasteiger partial charge in [-0.3, -0.25) is 0 Å². The number of nitrogens with zero attached hydrogens (tertiary/aromatic N) is 1. The Morgan fingerprint density at radius 3 is 1.96 bits per heavy atom. The molecule has 214 valence electrons. The van der Waals surface area contributed by atoms with E-state index in [9.17, 15) is 0 Å². The molecule has 0 spiro atoms. The molecular formula is C43H31NO. The largest absolute Gasteiger partial charge is 0.455 e. The fourth-order valence-electron chi connectivity index (χ4n) is 7.63. The number of para-hydroxylation sites is 3. The Hall–Kier alpha value is -5.60. The van der Waals surface area contributed by atoms with E-state index in [1.54, 1.807) is 0 Å². The van der Waals surface area contributed by atoms with Gasteiger partial charge >= 0.3 is 0 Å². The van der Waals surface area contributed by atoms with Crippen molar-refractivity contribution in [2.24, 2.45) is 0 Å². The molecule has 0 saturated heterocycles. The summed E-state index contributed by atoms with van der Waals surface area (Å²) in [6.45, 7) is 4.71. The molecule has 0 fully saturated rings. The van der Waals surface area contributed by atoms with E-state index >= 15 is 0 Å². The zero-order valence-electron chi connectivity index (χ0n) is 25.3. The number of rotatable bonds is 4. The Balaban J connectivity index is 1.32. The molecule has 0 unspecified atom stereocenters. The van der Waals surface area contributed by atoms with Crippen molar-refractivity contribution in [3.8, 4) is 22.3 Å². The van der Waals surface area contributed by atoms with E-state index in [4.69, 9.17) is 4.42 Å². The average molecular weight is 578 g/mol. The van der Waals surface area contributed by atoms with Gasteiger partial charge in [-0.2, -0.15) is 0 Å². The molecule has 1 aromatic heterocycles. The van der Waals surface area contributed by atoms with Crippen molar-refractivity contribution in [2.75, 3.05) is 4.90 Å². The van der Waals surface area contributed by atoms with Crippen molar-refractivity contribution < 1.29 is 4.42 Å². The SMILES string of the molecule is CC1(C)c2ccccc2-c2cccc(N(c3ccccc3)c3ccccc3-c3cccc4c3oc3c5ccccc5ccc43)c21. The summed E-state index contributed by atoms with van der Waals surface area (Å²) >= 11 is 0. The van der Waals surface area contributed by atoms with Gasteiger partial charge in [-0.1, -0.05) is 135 Å². The van der Waals surface area contributed by atoms with Gasteiger partial charge in [0.2, 0.25) is 0 Å². The first kappa shape index (κ1) is 25.9. The number of hydrogen-bond donors (Lipinski definition) is 0. The van der Waals surface area contributed by atoms with Crippen molar-refractivity contribution >= 4 is 49.8 Å². The van der Waals surface area contributed by atoms with E-state index in [0.29, 0.717) is 0 Å². The van der Waals surface area contributed by atoms with Gasteiger partial charge in [0.05, 0.1) is 11.4 Å². The van der Waals surface area contributed by atoms with Gasteiger partial charge < -0.3 is 9.32 Å². The van der Waals surface area contributed by atoms with E-state index in [-0.39, 0.29) is 5.41 Å². The van der Waals surface area contributed by atoms with E-state index in [0.717, 1.165) is 49.8 Å². The van der Waals surface area contributed by atoms with E-state index in [1.807, 2.05) is 0 Å². The average Bonchev–Trinajstić information content (AvgIpc) is 3.59. The second-order valence-corrected chi connectivity index (χ2v) is 12.5. The fourth-order valence-corrected chi connectivity index (χ4v) is 7.63. The minimum atomic E-state index is -0.162. The summed E-state index contributed by atoms with van der Waals surface area (Å²) in [4.78, 5) is 2.44. The Bertz CT molecular complexity index is 2410. The number of furan rings is 1. The summed E-state index contributed by atoms with van der Waals surface area (Å²) in [5.74, 6) is 0. The molecule has 0 bridgehead atoms. The standard InChI is InChI=1S/C43H31NO/c1-43(2)37-23-10-8-18-31(37)33-20-13-25-39(40(33)43)44(29-15-4-3-5-16-29)38-24-11-9-19-32(38)34-21-12-22-35-36-27-26-28-14-6-7-17-30(28)41(36)45-42(34)35/h3-27H,1-2H3. The van der Waals surface area contributed by atoms with Crippen molar-refractivity contribution in [2.45, 2.75) is 19.3 Å². The van der Waals surface area contributed by atoms with Crippen molar-refractivity contribution in [1.82, 2.24) is 0 Å². The quantitative estimate of drug-likeness (QED) is 0.207. The third-order valence-electron chi connectivity index (χ3n) is 9.64. The lowest BCUT2D eigenvalue weighted by Gasteiger charge is -2.33. The fraction of sp³-hybridized carbons (Fsp3) is 0.0698. The number of benzene rings is 7. The summed E-state index contributed by atoms with van der Waals surface area (Å²) in [6.07, 6.45) is 0. The molecule has 0 radical (unpaired) electrons. The summed E-state index contributed by atoms with van der Waals surface area (Å²) < 4.78 is 6.83. The smallest absolute Gasteiger partial charge is 0.143 e. The van der Waals surface area contributed by atoms with Crippen LogP contribution in [0.25, 0.3) is 55.0 Å². The monoisotopic (exact) mass is 577 g/mol. The van der Waals surface area contributed by atoms with Gasteiger partial charge in [-0.05, 0) is 58.0 Å². The molecule has 1 aliphatic rings. The van der Waals surface area contributed by atoms with Crippen LogP contribution in [0.1, 0.15) is 25.0 Å². The predicted octanol–water partition coefficient (Wildman–Crippen LogP) is 12.2. The molecule has 2 heteroatoms. The zero-order valence-corrected chi connectivity index (χ0v) is 25.3. The van der Waals surface area contributed by atoms with E-state index in [1.165, 1.54) is 33.3 Å². The normalized spacial score (nSPS) is 13.3. The minimum absolute atomic E-state index is 0.162. The highest BCUT2D eigenvalue weighted by molar-refractivity contribution is 6.17. The number of fused-ring (bicyclic) bond motifs is 8. The van der Waals surface area contributed by atoms with Gasteiger partial charge in [0, 0.05) is 38.4 Å².